The Kier molecular flexibility index (Phi) is 4.40. The Bertz CT molecular complexity index is 337. The zero-order valence-electron chi connectivity index (χ0n) is 10.6. The molecule has 1 aromatic rings. The summed E-state index contributed by atoms with van der Waals surface area (Å²) in [5.74, 6) is 0.944. The summed E-state index contributed by atoms with van der Waals surface area (Å²) in [5, 5.41) is 3.48. The normalized spacial score (nSPS) is 24.6. The Morgan fingerprint density at radius 3 is 2.76 bits per heavy atom. The van der Waals surface area contributed by atoms with Crippen LogP contribution in [-0.4, -0.2) is 25.9 Å². The third-order valence-electron chi connectivity index (χ3n) is 3.03. The van der Waals surface area contributed by atoms with E-state index in [2.05, 4.69) is 31.3 Å². The van der Waals surface area contributed by atoms with Crippen molar-refractivity contribution in [3.05, 3.63) is 29.8 Å². The Morgan fingerprint density at radius 2 is 2.12 bits per heavy atom. The molecule has 3 nitrogen and oxygen atoms in total. The molecule has 0 spiro atoms. The Morgan fingerprint density at radius 1 is 1.35 bits per heavy atom. The molecular formula is C14H21NO2. The molecule has 2 atom stereocenters. The van der Waals surface area contributed by atoms with Gasteiger partial charge in [0.25, 0.3) is 0 Å². The lowest BCUT2D eigenvalue weighted by molar-refractivity contribution is 0.00755. The number of nitrogens with one attached hydrogen (secondary N) is 1. The third kappa shape index (κ3) is 3.20. The lowest BCUT2D eigenvalue weighted by Crippen LogP contribution is -2.40. The largest absolute Gasteiger partial charge is 0.494 e. The van der Waals surface area contributed by atoms with Crippen molar-refractivity contribution in [2.24, 2.45) is 0 Å². The fraction of sp³-hybridized carbons (Fsp3) is 0.571. The quantitative estimate of drug-likeness (QED) is 0.870. The van der Waals surface area contributed by atoms with Crippen LogP contribution in [0, 0.1) is 0 Å². The molecule has 1 fully saturated rings. The Balaban J connectivity index is 2.01. The van der Waals surface area contributed by atoms with Crippen molar-refractivity contribution in [2.45, 2.75) is 32.4 Å². The molecule has 1 aliphatic heterocycles. The van der Waals surface area contributed by atoms with Crippen molar-refractivity contribution in [3.8, 4) is 5.75 Å². The molecule has 1 aromatic carbocycles. The van der Waals surface area contributed by atoms with E-state index in [1.165, 1.54) is 5.56 Å². The summed E-state index contributed by atoms with van der Waals surface area (Å²) in [7, 11) is 0. The molecular weight excluding hydrogens is 214 g/mol. The second kappa shape index (κ2) is 6.03. The molecule has 0 radical (unpaired) electrons. The second-order valence-electron chi connectivity index (χ2n) is 4.43. The zero-order valence-corrected chi connectivity index (χ0v) is 10.6. The molecule has 3 heteroatoms. The van der Waals surface area contributed by atoms with E-state index in [4.69, 9.17) is 9.47 Å². The molecule has 2 unspecified atom stereocenters. The molecule has 1 heterocycles. The molecule has 1 saturated heterocycles. The van der Waals surface area contributed by atoms with E-state index in [-0.39, 0.29) is 6.10 Å². The first-order valence-electron chi connectivity index (χ1n) is 6.39. The monoisotopic (exact) mass is 235 g/mol. The van der Waals surface area contributed by atoms with Gasteiger partial charge in [-0.1, -0.05) is 19.1 Å². The van der Waals surface area contributed by atoms with Gasteiger partial charge < -0.3 is 14.8 Å². The predicted molar refractivity (Wildman–Crippen MR) is 68.4 cm³/mol. The summed E-state index contributed by atoms with van der Waals surface area (Å²) < 4.78 is 11.2. The lowest BCUT2D eigenvalue weighted by atomic mass is 10.0. The maximum absolute atomic E-state index is 5.65. The zero-order chi connectivity index (χ0) is 12.1. The number of rotatable bonds is 4. The highest BCUT2D eigenvalue weighted by Gasteiger charge is 2.22. The van der Waals surface area contributed by atoms with Crippen LogP contribution in [0.2, 0.25) is 0 Å². The number of hydrogen-bond acceptors (Lipinski definition) is 3. The van der Waals surface area contributed by atoms with Crippen molar-refractivity contribution < 1.29 is 9.47 Å². The molecule has 1 N–H and O–H groups in total. The summed E-state index contributed by atoms with van der Waals surface area (Å²) in [6.07, 6.45) is 1.27. The van der Waals surface area contributed by atoms with Gasteiger partial charge in [-0.25, -0.2) is 0 Å². The highest BCUT2D eigenvalue weighted by atomic mass is 16.5. The Hall–Kier alpha value is -1.06. The summed E-state index contributed by atoms with van der Waals surface area (Å²) in [5.41, 5.74) is 1.26. The van der Waals surface area contributed by atoms with Gasteiger partial charge in [0.2, 0.25) is 0 Å². The van der Waals surface area contributed by atoms with Crippen LogP contribution in [0.5, 0.6) is 5.75 Å². The molecule has 0 amide bonds. The maximum atomic E-state index is 5.65. The van der Waals surface area contributed by atoms with Crippen LogP contribution in [0.3, 0.4) is 0 Å². The number of morpholine rings is 1. The van der Waals surface area contributed by atoms with Crippen LogP contribution in [-0.2, 0) is 4.74 Å². The average molecular weight is 235 g/mol. The van der Waals surface area contributed by atoms with E-state index >= 15 is 0 Å². The molecule has 94 valence electrons. The van der Waals surface area contributed by atoms with Gasteiger partial charge in [-0.15, -0.1) is 0 Å². The minimum Gasteiger partial charge on any atom is -0.494 e. The Labute approximate surface area is 103 Å². The van der Waals surface area contributed by atoms with E-state index in [0.29, 0.717) is 6.04 Å². The number of benzene rings is 1. The van der Waals surface area contributed by atoms with Gasteiger partial charge in [-0.3, -0.25) is 0 Å². The van der Waals surface area contributed by atoms with Crippen LogP contribution in [0.4, 0.5) is 0 Å². The van der Waals surface area contributed by atoms with Gasteiger partial charge in [-0.05, 0) is 31.0 Å². The number of hydrogen-bond donors (Lipinski definition) is 1. The van der Waals surface area contributed by atoms with Gasteiger partial charge in [0.15, 0.2) is 0 Å². The fourth-order valence-corrected chi connectivity index (χ4v) is 2.10. The van der Waals surface area contributed by atoms with Crippen molar-refractivity contribution >= 4 is 0 Å². The first-order chi connectivity index (χ1) is 8.31. The van der Waals surface area contributed by atoms with E-state index in [1.54, 1.807) is 0 Å². The van der Waals surface area contributed by atoms with Crippen molar-refractivity contribution in [2.75, 3.05) is 19.8 Å². The minimum atomic E-state index is 0.228. The molecule has 0 saturated carbocycles. The first kappa shape index (κ1) is 12.4. The molecule has 1 aliphatic rings. The second-order valence-corrected chi connectivity index (χ2v) is 4.43. The van der Waals surface area contributed by atoms with E-state index in [9.17, 15) is 0 Å². The van der Waals surface area contributed by atoms with E-state index < -0.39 is 0 Å². The van der Waals surface area contributed by atoms with Crippen LogP contribution in [0.25, 0.3) is 0 Å². The molecule has 0 aromatic heterocycles. The molecule has 0 bridgehead atoms. The first-order valence-corrected chi connectivity index (χ1v) is 6.39. The molecule has 2 rings (SSSR count). The topological polar surface area (TPSA) is 30.5 Å². The predicted octanol–water partition coefficient (Wildman–Crippen LogP) is 2.52. The van der Waals surface area contributed by atoms with E-state index in [0.717, 1.165) is 31.9 Å². The summed E-state index contributed by atoms with van der Waals surface area (Å²) >= 11 is 0. The van der Waals surface area contributed by atoms with Crippen molar-refractivity contribution in [1.82, 2.24) is 5.32 Å². The van der Waals surface area contributed by atoms with Crippen LogP contribution < -0.4 is 10.1 Å². The smallest absolute Gasteiger partial charge is 0.119 e. The molecule has 17 heavy (non-hydrogen) atoms. The standard InChI is InChI=1S/C14H21NO2/c1-3-9-17-13-6-4-12(5-7-13)14-11(2)16-10-8-15-14/h4-7,11,14-15H,3,8-10H2,1-2H3. The highest BCUT2D eigenvalue weighted by Crippen LogP contribution is 2.23. The summed E-state index contributed by atoms with van der Waals surface area (Å²) in [6, 6.07) is 8.60. The number of ether oxygens (including phenoxy) is 2. The van der Waals surface area contributed by atoms with Crippen molar-refractivity contribution in [3.63, 3.8) is 0 Å². The average Bonchev–Trinajstić information content (AvgIpc) is 2.38. The fourth-order valence-electron chi connectivity index (χ4n) is 2.10. The maximum Gasteiger partial charge on any atom is 0.119 e. The highest BCUT2D eigenvalue weighted by molar-refractivity contribution is 5.29. The van der Waals surface area contributed by atoms with E-state index in [1.807, 2.05) is 12.1 Å². The summed E-state index contributed by atoms with van der Waals surface area (Å²) in [4.78, 5) is 0. The van der Waals surface area contributed by atoms with Crippen molar-refractivity contribution in [1.29, 1.82) is 0 Å². The van der Waals surface area contributed by atoms with Gasteiger partial charge in [-0.2, -0.15) is 0 Å². The molecule has 0 aliphatic carbocycles. The van der Waals surface area contributed by atoms with Gasteiger partial charge in [0.05, 0.1) is 25.4 Å². The minimum absolute atomic E-state index is 0.228. The van der Waals surface area contributed by atoms with Crippen LogP contribution >= 0.6 is 0 Å². The van der Waals surface area contributed by atoms with Crippen LogP contribution in [0.15, 0.2) is 24.3 Å². The third-order valence-corrected chi connectivity index (χ3v) is 3.03. The van der Waals surface area contributed by atoms with Crippen LogP contribution in [0.1, 0.15) is 31.9 Å². The van der Waals surface area contributed by atoms with Gasteiger partial charge >= 0.3 is 0 Å². The van der Waals surface area contributed by atoms with Gasteiger partial charge in [0.1, 0.15) is 5.75 Å². The lowest BCUT2D eigenvalue weighted by Gasteiger charge is -2.30. The summed E-state index contributed by atoms with van der Waals surface area (Å²) in [6.45, 7) is 6.72. The SMILES string of the molecule is CCCOc1ccc(C2NCCOC2C)cc1. The van der Waals surface area contributed by atoms with Gasteiger partial charge in [0, 0.05) is 6.54 Å².